The standard InChI is InChI=1S/C14H24N2O4/c1-7-20-12(18)10(5)9(4)11(17)16-14(6,8(2)3)13(15)19/h8H,7H2,1-6H3,(H2,15,19)(H,16,17)/b10-9-. The van der Waals surface area contributed by atoms with Crippen LogP contribution in [0.15, 0.2) is 11.1 Å². The molecule has 1 atom stereocenters. The zero-order valence-corrected chi connectivity index (χ0v) is 13.0. The van der Waals surface area contributed by atoms with Crippen LogP contribution in [0.2, 0.25) is 0 Å². The largest absolute Gasteiger partial charge is 0.463 e. The van der Waals surface area contributed by atoms with E-state index in [1.165, 1.54) is 13.8 Å². The molecule has 0 aliphatic rings. The van der Waals surface area contributed by atoms with Crippen LogP contribution in [-0.2, 0) is 19.1 Å². The van der Waals surface area contributed by atoms with E-state index >= 15 is 0 Å². The van der Waals surface area contributed by atoms with Crippen LogP contribution < -0.4 is 11.1 Å². The van der Waals surface area contributed by atoms with Gasteiger partial charge in [0, 0.05) is 11.1 Å². The molecule has 0 aliphatic heterocycles. The molecular formula is C14H24N2O4. The molecule has 0 aromatic heterocycles. The highest BCUT2D eigenvalue weighted by Crippen LogP contribution is 2.17. The van der Waals surface area contributed by atoms with Gasteiger partial charge in [0.25, 0.3) is 0 Å². The van der Waals surface area contributed by atoms with E-state index in [9.17, 15) is 14.4 Å². The van der Waals surface area contributed by atoms with Crippen LogP contribution in [0, 0.1) is 5.92 Å². The zero-order valence-electron chi connectivity index (χ0n) is 13.0. The summed E-state index contributed by atoms with van der Waals surface area (Å²) in [6, 6.07) is 0. The Hall–Kier alpha value is -1.85. The first-order valence-corrected chi connectivity index (χ1v) is 6.54. The Morgan fingerprint density at radius 3 is 2.05 bits per heavy atom. The Kier molecular flexibility index (Phi) is 6.42. The van der Waals surface area contributed by atoms with Crippen LogP contribution in [0.3, 0.4) is 0 Å². The fraction of sp³-hybridized carbons (Fsp3) is 0.643. The molecular weight excluding hydrogens is 260 g/mol. The lowest BCUT2D eigenvalue weighted by Crippen LogP contribution is -2.59. The van der Waals surface area contributed by atoms with Gasteiger partial charge < -0.3 is 15.8 Å². The Labute approximate surface area is 119 Å². The Bertz CT molecular complexity index is 440. The molecule has 2 amide bonds. The lowest BCUT2D eigenvalue weighted by Gasteiger charge is -2.31. The second-order valence-corrected chi connectivity index (χ2v) is 5.15. The van der Waals surface area contributed by atoms with Crippen LogP contribution >= 0.6 is 0 Å². The number of carbonyl (C=O) groups is 3. The van der Waals surface area contributed by atoms with Crippen LogP contribution in [-0.4, -0.2) is 29.9 Å². The average molecular weight is 284 g/mol. The molecule has 3 N–H and O–H groups in total. The van der Waals surface area contributed by atoms with E-state index in [1.54, 1.807) is 27.7 Å². The number of amides is 2. The lowest BCUT2D eigenvalue weighted by atomic mass is 9.87. The number of esters is 1. The van der Waals surface area contributed by atoms with Crippen molar-refractivity contribution in [3.05, 3.63) is 11.1 Å². The number of nitrogens with two attached hydrogens (primary N) is 1. The van der Waals surface area contributed by atoms with Crippen molar-refractivity contribution in [2.24, 2.45) is 11.7 Å². The number of carbonyl (C=O) groups excluding carboxylic acids is 3. The Morgan fingerprint density at radius 1 is 1.20 bits per heavy atom. The van der Waals surface area contributed by atoms with Gasteiger partial charge in [-0.3, -0.25) is 9.59 Å². The quantitative estimate of drug-likeness (QED) is 0.559. The summed E-state index contributed by atoms with van der Waals surface area (Å²) in [7, 11) is 0. The predicted octanol–water partition coefficient (Wildman–Crippen LogP) is 0.902. The predicted molar refractivity (Wildman–Crippen MR) is 75.6 cm³/mol. The van der Waals surface area contributed by atoms with E-state index in [2.05, 4.69) is 5.32 Å². The molecule has 0 aromatic carbocycles. The maximum Gasteiger partial charge on any atom is 0.334 e. The first-order chi connectivity index (χ1) is 9.07. The lowest BCUT2D eigenvalue weighted by molar-refractivity contribution is -0.138. The molecule has 0 aromatic rings. The summed E-state index contributed by atoms with van der Waals surface area (Å²) in [6.07, 6.45) is 0. The summed E-state index contributed by atoms with van der Waals surface area (Å²) >= 11 is 0. The van der Waals surface area contributed by atoms with E-state index in [-0.39, 0.29) is 23.7 Å². The molecule has 0 fully saturated rings. The molecule has 0 rings (SSSR count). The molecule has 0 radical (unpaired) electrons. The number of rotatable bonds is 6. The van der Waals surface area contributed by atoms with Crippen molar-refractivity contribution < 1.29 is 19.1 Å². The normalized spacial score (nSPS) is 15.2. The highest BCUT2D eigenvalue weighted by Gasteiger charge is 2.36. The number of ether oxygens (including phenoxy) is 1. The third-order valence-corrected chi connectivity index (χ3v) is 3.52. The third kappa shape index (κ3) is 4.08. The zero-order chi connectivity index (χ0) is 16.1. The molecule has 0 heterocycles. The monoisotopic (exact) mass is 284 g/mol. The highest BCUT2D eigenvalue weighted by atomic mass is 16.5. The summed E-state index contributed by atoms with van der Waals surface area (Å²) in [5.41, 5.74) is 4.58. The van der Waals surface area contributed by atoms with E-state index in [0.29, 0.717) is 0 Å². The van der Waals surface area contributed by atoms with Gasteiger partial charge >= 0.3 is 5.97 Å². The summed E-state index contributed by atoms with van der Waals surface area (Å²) in [5, 5.41) is 2.59. The summed E-state index contributed by atoms with van der Waals surface area (Å²) < 4.78 is 4.83. The average Bonchev–Trinajstić information content (AvgIpc) is 2.36. The number of hydrogen-bond acceptors (Lipinski definition) is 4. The fourth-order valence-electron chi connectivity index (χ4n) is 1.38. The molecule has 0 aliphatic carbocycles. The first-order valence-electron chi connectivity index (χ1n) is 6.54. The molecule has 6 heteroatoms. The fourth-order valence-corrected chi connectivity index (χ4v) is 1.38. The maximum absolute atomic E-state index is 12.1. The smallest absolute Gasteiger partial charge is 0.334 e. The van der Waals surface area contributed by atoms with Crippen LogP contribution in [0.4, 0.5) is 0 Å². The van der Waals surface area contributed by atoms with Crippen molar-refractivity contribution >= 4 is 17.8 Å². The Balaban J connectivity index is 5.23. The van der Waals surface area contributed by atoms with Gasteiger partial charge in [-0.2, -0.15) is 0 Å². The van der Waals surface area contributed by atoms with Crippen molar-refractivity contribution in [1.82, 2.24) is 5.32 Å². The first kappa shape index (κ1) is 18.1. The van der Waals surface area contributed by atoms with Gasteiger partial charge in [0.05, 0.1) is 6.61 Å². The van der Waals surface area contributed by atoms with Gasteiger partial charge in [-0.1, -0.05) is 13.8 Å². The highest BCUT2D eigenvalue weighted by molar-refractivity contribution is 6.04. The van der Waals surface area contributed by atoms with Gasteiger partial charge in [-0.15, -0.1) is 0 Å². The van der Waals surface area contributed by atoms with Gasteiger partial charge in [0.2, 0.25) is 11.8 Å². The van der Waals surface area contributed by atoms with Gasteiger partial charge in [-0.25, -0.2) is 4.79 Å². The molecule has 6 nitrogen and oxygen atoms in total. The molecule has 0 bridgehead atoms. The van der Waals surface area contributed by atoms with E-state index in [1.807, 2.05) is 0 Å². The number of primary amides is 1. The molecule has 0 saturated carbocycles. The SMILES string of the molecule is CCOC(=O)/C(C)=C(/C)C(=O)NC(C)(C(N)=O)C(C)C. The second kappa shape index (κ2) is 7.07. The number of hydrogen-bond donors (Lipinski definition) is 2. The molecule has 20 heavy (non-hydrogen) atoms. The summed E-state index contributed by atoms with van der Waals surface area (Å²) in [4.78, 5) is 35.2. The molecule has 1 unspecified atom stereocenters. The van der Waals surface area contributed by atoms with E-state index in [0.717, 1.165) is 0 Å². The van der Waals surface area contributed by atoms with Gasteiger partial charge in [-0.05, 0) is 33.6 Å². The van der Waals surface area contributed by atoms with E-state index < -0.39 is 23.3 Å². The van der Waals surface area contributed by atoms with E-state index in [4.69, 9.17) is 10.5 Å². The van der Waals surface area contributed by atoms with Crippen LogP contribution in [0.1, 0.15) is 41.5 Å². The number of nitrogens with one attached hydrogen (secondary N) is 1. The second-order valence-electron chi connectivity index (χ2n) is 5.15. The van der Waals surface area contributed by atoms with Crippen molar-refractivity contribution in [3.8, 4) is 0 Å². The maximum atomic E-state index is 12.1. The van der Waals surface area contributed by atoms with Crippen molar-refractivity contribution in [3.63, 3.8) is 0 Å². The van der Waals surface area contributed by atoms with Gasteiger partial charge in [0.15, 0.2) is 0 Å². The van der Waals surface area contributed by atoms with Crippen LogP contribution in [0.25, 0.3) is 0 Å². The Morgan fingerprint density at radius 2 is 1.70 bits per heavy atom. The summed E-state index contributed by atoms with van der Waals surface area (Å²) in [5.74, 6) is -1.86. The molecule has 0 spiro atoms. The van der Waals surface area contributed by atoms with Gasteiger partial charge in [0.1, 0.15) is 5.54 Å². The minimum absolute atomic E-state index is 0.181. The minimum Gasteiger partial charge on any atom is -0.463 e. The summed E-state index contributed by atoms with van der Waals surface area (Å²) in [6.45, 7) is 10.0. The minimum atomic E-state index is -1.17. The molecule has 114 valence electrons. The topological polar surface area (TPSA) is 98.5 Å². The van der Waals surface area contributed by atoms with Crippen molar-refractivity contribution in [2.45, 2.75) is 47.1 Å². The third-order valence-electron chi connectivity index (χ3n) is 3.52. The molecule has 0 saturated heterocycles. The van der Waals surface area contributed by atoms with Crippen molar-refractivity contribution in [2.75, 3.05) is 6.61 Å². The van der Waals surface area contributed by atoms with Crippen molar-refractivity contribution in [1.29, 1.82) is 0 Å². The van der Waals surface area contributed by atoms with Crippen LogP contribution in [0.5, 0.6) is 0 Å².